The van der Waals surface area contributed by atoms with Gasteiger partial charge in [-0.1, -0.05) is 0 Å². The van der Waals surface area contributed by atoms with Crippen molar-refractivity contribution in [3.8, 4) is 11.3 Å². The van der Waals surface area contributed by atoms with Gasteiger partial charge in [0.25, 0.3) is 5.91 Å². The maximum absolute atomic E-state index is 13.2. The summed E-state index contributed by atoms with van der Waals surface area (Å²) in [6.07, 6.45) is 7.21. The first kappa shape index (κ1) is 22.9. The summed E-state index contributed by atoms with van der Waals surface area (Å²) < 4.78 is 20.6. The van der Waals surface area contributed by atoms with Crippen molar-refractivity contribution < 1.29 is 19.0 Å². The molecule has 0 bridgehead atoms. The summed E-state index contributed by atoms with van der Waals surface area (Å²) in [7, 11) is 5.19. The van der Waals surface area contributed by atoms with Crippen LogP contribution in [0.25, 0.3) is 27.9 Å². The Morgan fingerprint density at radius 3 is 2.78 bits per heavy atom. The molecular formula is C25H29N7O4. The molecule has 188 valence electrons. The predicted molar refractivity (Wildman–Crippen MR) is 133 cm³/mol. The molecule has 2 aliphatic rings. The lowest BCUT2D eigenvalue weighted by molar-refractivity contribution is 0.00732. The van der Waals surface area contributed by atoms with Gasteiger partial charge in [-0.3, -0.25) is 4.79 Å². The smallest absolute Gasteiger partial charge is 0.257 e. The highest BCUT2D eigenvalue weighted by Gasteiger charge is 2.34. The van der Waals surface area contributed by atoms with E-state index < -0.39 is 0 Å². The second-order valence-corrected chi connectivity index (χ2v) is 9.21. The molecule has 6 rings (SSSR count). The van der Waals surface area contributed by atoms with Crippen molar-refractivity contribution in [2.45, 2.75) is 37.1 Å². The zero-order valence-corrected chi connectivity index (χ0v) is 20.5. The van der Waals surface area contributed by atoms with Crippen LogP contribution in [0.4, 0.5) is 5.82 Å². The van der Waals surface area contributed by atoms with Crippen molar-refractivity contribution in [1.82, 2.24) is 29.5 Å². The van der Waals surface area contributed by atoms with Gasteiger partial charge in [-0.2, -0.15) is 9.61 Å². The van der Waals surface area contributed by atoms with E-state index >= 15 is 0 Å². The molecule has 1 saturated carbocycles. The van der Waals surface area contributed by atoms with Crippen molar-refractivity contribution in [3.63, 3.8) is 0 Å². The van der Waals surface area contributed by atoms with Gasteiger partial charge in [0.15, 0.2) is 5.65 Å². The number of rotatable bonds is 7. The molecule has 5 heterocycles. The fourth-order valence-electron chi connectivity index (χ4n) is 5.15. The van der Waals surface area contributed by atoms with Gasteiger partial charge in [0.1, 0.15) is 23.1 Å². The molecular weight excluding hydrogens is 462 g/mol. The van der Waals surface area contributed by atoms with E-state index in [2.05, 4.69) is 31.5 Å². The van der Waals surface area contributed by atoms with Gasteiger partial charge in [0.2, 0.25) is 0 Å². The number of anilines is 1. The van der Waals surface area contributed by atoms with Crippen molar-refractivity contribution in [3.05, 3.63) is 42.4 Å². The highest BCUT2D eigenvalue weighted by atomic mass is 16.5. The van der Waals surface area contributed by atoms with Crippen LogP contribution in [0.2, 0.25) is 0 Å². The zero-order valence-electron chi connectivity index (χ0n) is 20.5. The molecule has 11 heteroatoms. The lowest BCUT2D eigenvalue weighted by atomic mass is 9.89. The minimum absolute atomic E-state index is 0.00108. The Balaban J connectivity index is 1.45. The molecule has 36 heavy (non-hydrogen) atoms. The summed E-state index contributed by atoms with van der Waals surface area (Å²) in [5.41, 5.74) is 3.35. The monoisotopic (exact) mass is 491 g/mol. The van der Waals surface area contributed by atoms with E-state index in [1.165, 1.54) is 0 Å². The Morgan fingerprint density at radius 1 is 1.17 bits per heavy atom. The first-order valence-corrected chi connectivity index (χ1v) is 12.1. The fourth-order valence-corrected chi connectivity index (χ4v) is 5.15. The minimum Gasteiger partial charge on any atom is -0.379 e. The Morgan fingerprint density at radius 2 is 2.03 bits per heavy atom. The number of ether oxygens (including phenoxy) is 3. The quantitative estimate of drug-likeness (QED) is 0.405. The van der Waals surface area contributed by atoms with Crippen molar-refractivity contribution in [2.75, 3.05) is 39.8 Å². The number of hydrogen-bond donors (Lipinski definition) is 2. The second-order valence-electron chi connectivity index (χ2n) is 9.21. The van der Waals surface area contributed by atoms with E-state index in [0.29, 0.717) is 30.1 Å². The summed E-state index contributed by atoms with van der Waals surface area (Å²) in [6.45, 7) is 1.08. The predicted octanol–water partition coefficient (Wildman–Crippen LogP) is 2.28. The molecule has 1 saturated heterocycles. The number of carbonyl (C=O) groups is 1. The molecule has 0 spiro atoms. The Bertz CT molecular complexity index is 1430. The first-order valence-electron chi connectivity index (χ1n) is 12.1. The van der Waals surface area contributed by atoms with E-state index in [9.17, 15) is 4.79 Å². The van der Waals surface area contributed by atoms with Crippen LogP contribution < -0.4 is 10.6 Å². The molecule has 0 aromatic carbocycles. The Hall–Kier alpha value is -3.54. The van der Waals surface area contributed by atoms with E-state index in [0.717, 1.165) is 35.3 Å². The van der Waals surface area contributed by atoms with Crippen molar-refractivity contribution >= 4 is 28.4 Å². The molecule has 1 aliphatic heterocycles. The third-order valence-corrected chi connectivity index (χ3v) is 7.33. The summed E-state index contributed by atoms with van der Waals surface area (Å²) in [5, 5.41) is 11.7. The van der Waals surface area contributed by atoms with Gasteiger partial charge in [0, 0.05) is 50.7 Å². The third-order valence-electron chi connectivity index (χ3n) is 7.33. The molecule has 1 aliphatic carbocycles. The molecule has 2 fully saturated rings. The number of methoxy groups -OCH3 is 2. The van der Waals surface area contributed by atoms with Crippen LogP contribution in [0, 0.1) is 0 Å². The number of pyridine rings is 1. The average Bonchev–Trinajstić information content (AvgIpc) is 3.62. The van der Waals surface area contributed by atoms with Gasteiger partial charge >= 0.3 is 0 Å². The van der Waals surface area contributed by atoms with E-state index in [1.807, 2.05) is 25.2 Å². The van der Waals surface area contributed by atoms with Crippen LogP contribution in [-0.4, -0.2) is 82.8 Å². The van der Waals surface area contributed by atoms with E-state index in [1.54, 1.807) is 31.1 Å². The third kappa shape index (κ3) is 3.62. The highest BCUT2D eigenvalue weighted by Crippen LogP contribution is 2.35. The SMILES string of the molecule is CNc1cc(-c2cn([C@@H]3COC[C@H]3OC)c3ncccc23)nc2c(C(=O)N[C@H]3CC[C@@H]3OC)cnn12. The first-order chi connectivity index (χ1) is 17.6. The van der Waals surface area contributed by atoms with E-state index in [4.69, 9.17) is 19.2 Å². The Kier molecular flexibility index (Phi) is 5.82. The summed E-state index contributed by atoms with van der Waals surface area (Å²) in [4.78, 5) is 22.7. The van der Waals surface area contributed by atoms with Crippen LogP contribution in [0.3, 0.4) is 0 Å². The summed E-state index contributed by atoms with van der Waals surface area (Å²) in [6, 6.07) is 5.87. The van der Waals surface area contributed by atoms with Gasteiger partial charge in [0.05, 0.1) is 43.3 Å². The molecule has 4 aromatic heterocycles. The molecule has 11 nitrogen and oxygen atoms in total. The number of hydrogen-bond acceptors (Lipinski definition) is 8. The fraction of sp³-hybridized carbons (Fsp3) is 0.440. The topological polar surface area (TPSA) is 117 Å². The number of nitrogens with zero attached hydrogens (tertiary/aromatic N) is 5. The molecule has 4 atom stereocenters. The van der Waals surface area contributed by atoms with Crippen LogP contribution in [0.1, 0.15) is 29.2 Å². The standard InChI is InChI=1S/C25H29N7O4/c1-26-22-9-18(29-24-15(10-28-32(22)24)25(33)30-17-6-7-20(17)34-2)16-11-31(19-12-36-13-21(19)35-3)23-14(16)5-4-8-27-23/h4-5,8-11,17,19-21,26H,6-7,12-13H2,1-3H3,(H,30,33)/t17-,19+,20-,21+/m0/s1. The summed E-state index contributed by atoms with van der Waals surface area (Å²) in [5.74, 6) is 0.509. The maximum atomic E-state index is 13.2. The molecule has 0 unspecified atom stereocenters. The maximum Gasteiger partial charge on any atom is 0.257 e. The largest absolute Gasteiger partial charge is 0.379 e. The van der Waals surface area contributed by atoms with Crippen LogP contribution >= 0.6 is 0 Å². The van der Waals surface area contributed by atoms with Crippen molar-refractivity contribution in [2.24, 2.45) is 0 Å². The number of amides is 1. The number of fused-ring (bicyclic) bond motifs is 2. The number of nitrogens with one attached hydrogen (secondary N) is 2. The van der Waals surface area contributed by atoms with Crippen LogP contribution in [-0.2, 0) is 14.2 Å². The lowest BCUT2D eigenvalue weighted by Gasteiger charge is -2.35. The van der Waals surface area contributed by atoms with E-state index in [-0.39, 0.29) is 30.2 Å². The van der Waals surface area contributed by atoms with Crippen molar-refractivity contribution in [1.29, 1.82) is 0 Å². The van der Waals surface area contributed by atoms with Gasteiger partial charge in [-0.05, 0) is 25.0 Å². The van der Waals surface area contributed by atoms with Gasteiger partial charge < -0.3 is 29.4 Å². The molecule has 2 N–H and O–H groups in total. The van der Waals surface area contributed by atoms with Gasteiger partial charge in [-0.25, -0.2) is 9.97 Å². The minimum atomic E-state index is -0.210. The number of aromatic nitrogens is 5. The van der Waals surface area contributed by atoms with Crippen LogP contribution in [0.15, 0.2) is 36.8 Å². The van der Waals surface area contributed by atoms with Gasteiger partial charge in [-0.15, -0.1) is 0 Å². The molecule has 1 amide bonds. The average molecular weight is 492 g/mol. The molecule has 4 aromatic rings. The van der Waals surface area contributed by atoms with Crippen LogP contribution in [0.5, 0.6) is 0 Å². The number of carbonyl (C=O) groups excluding carboxylic acids is 1. The zero-order chi connectivity index (χ0) is 24.8. The highest BCUT2D eigenvalue weighted by molar-refractivity contribution is 6.01. The summed E-state index contributed by atoms with van der Waals surface area (Å²) >= 11 is 0. The lowest BCUT2D eigenvalue weighted by Crippen LogP contribution is -2.51. The second kappa shape index (κ2) is 9.16. The Labute approximate surface area is 207 Å². The normalized spacial score (nSPS) is 23.8. The molecule has 0 radical (unpaired) electrons.